The molecule has 3 rings (SSSR count). The Morgan fingerprint density at radius 2 is 1.81 bits per heavy atom. The Balaban J connectivity index is 1.61. The number of fused-ring (bicyclic) bond motifs is 1. The van der Waals surface area contributed by atoms with Crippen LogP contribution in [0.3, 0.4) is 0 Å². The first-order valence-electron chi connectivity index (χ1n) is 9.66. The molecule has 27 heavy (non-hydrogen) atoms. The molecule has 2 aromatic rings. The molecule has 0 bridgehead atoms. The number of hydrogen-bond donors (Lipinski definition) is 1. The van der Waals surface area contributed by atoms with Crippen LogP contribution in [0.4, 0.5) is 0 Å². The van der Waals surface area contributed by atoms with Crippen LogP contribution in [0, 0.1) is 0 Å². The van der Waals surface area contributed by atoms with Crippen molar-refractivity contribution in [1.29, 1.82) is 0 Å². The Bertz CT molecular complexity index is 788. The second kappa shape index (κ2) is 8.96. The zero-order valence-electron chi connectivity index (χ0n) is 16.2. The topological polar surface area (TPSA) is 49.4 Å². The van der Waals surface area contributed by atoms with Crippen molar-refractivity contribution in [3.8, 4) is 0 Å². The molecule has 2 aromatic carbocycles. The maximum atomic E-state index is 12.6. The van der Waals surface area contributed by atoms with E-state index in [-0.39, 0.29) is 24.3 Å². The highest BCUT2D eigenvalue weighted by Crippen LogP contribution is 2.33. The SMILES string of the molecule is CC(=O)[C@H](Cc1ccccc1)NC(=O)CN(C)[C@@H]1CCCc2ccccc21. The molecule has 0 aliphatic heterocycles. The van der Waals surface area contributed by atoms with E-state index in [1.54, 1.807) is 0 Å². The van der Waals surface area contributed by atoms with Gasteiger partial charge in [-0.3, -0.25) is 14.5 Å². The van der Waals surface area contributed by atoms with Crippen LogP contribution >= 0.6 is 0 Å². The molecule has 0 heterocycles. The summed E-state index contributed by atoms with van der Waals surface area (Å²) in [5.41, 5.74) is 3.76. The van der Waals surface area contributed by atoms with Gasteiger partial charge in [-0.25, -0.2) is 0 Å². The summed E-state index contributed by atoms with van der Waals surface area (Å²) >= 11 is 0. The Morgan fingerprint density at radius 3 is 2.56 bits per heavy atom. The molecule has 0 spiro atoms. The van der Waals surface area contributed by atoms with Crippen molar-refractivity contribution in [2.75, 3.05) is 13.6 Å². The molecule has 1 N–H and O–H groups in total. The molecule has 142 valence electrons. The third-order valence-electron chi connectivity index (χ3n) is 5.37. The van der Waals surface area contributed by atoms with Crippen molar-refractivity contribution in [3.05, 3.63) is 71.3 Å². The summed E-state index contributed by atoms with van der Waals surface area (Å²) in [4.78, 5) is 26.7. The monoisotopic (exact) mass is 364 g/mol. The molecule has 0 radical (unpaired) electrons. The van der Waals surface area contributed by atoms with Crippen LogP contribution in [0.5, 0.6) is 0 Å². The predicted octanol–water partition coefficient (Wildman–Crippen LogP) is 3.31. The van der Waals surface area contributed by atoms with E-state index in [1.165, 1.54) is 18.1 Å². The Labute approximate surface area is 161 Å². The van der Waals surface area contributed by atoms with Gasteiger partial charge in [0.1, 0.15) is 0 Å². The first kappa shape index (κ1) is 19.3. The minimum absolute atomic E-state index is 0.0159. The molecule has 1 aliphatic rings. The van der Waals surface area contributed by atoms with E-state index in [4.69, 9.17) is 0 Å². The minimum atomic E-state index is -0.480. The zero-order chi connectivity index (χ0) is 19.2. The summed E-state index contributed by atoms with van der Waals surface area (Å²) in [6.07, 6.45) is 3.83. The average molecular weight is 364 g/mol. The fraction of sp³-hybridized carbons (Fsp3) is 0.391. The molecule has 2 atom stereocenters. The average Bonchev–Trinajstić information content (AvgIpc) is 2.67. The van der Waals surface area contributed by atoms with E-state index in [9.17, 15) is 9.59 Å². The van der Waals surface area contributed by atoms with Crippen molar-refractivity contribution in [1.82, 2.24) is 10.2 Å². The third kappa shape index (κ3) is 5.04. The lowest BCUT2D eigenvalue weighted by Gasteiger charge is -2.33. The smallest absolute Gasteiger partial charge is 0.234 e. The lowest BCUT2D eigenvalue weighted by atomic mass is 9.87. The maximum Gasteiger partial charge on any atom is 0.234 e. The number of nitrogens with zero attached hydrogens (tertiary/aromatic N) is 1. The molecule has 0 saturated carbocycles. The van der Waals surface area contributed by atoms with Gasteiger partial charge in [-0.2, -0.15) is 0 Å². The lowest BCUT2D eigenvalue weighted by Crippen LogP contribution is -2.46. The van der Waals surface area contributed by atoms with Crippen molar-refractivity contribution in [2.24, 2.45) is 0 Å². The van der Waals surface area contributed by atoms with Crippen molar-refractivity contribution < 1.29 is 9.59 Å². The fourth-order valence-electron chi connectivity index (χ4n) is 3.91. The van der Waals surface area contributed by atoms with Gasteiger partial charge in [0.25, 0.3) is 0 Å². The van der Waals surface area contributed by atoms with Gasteiger partial charge in [-0.05, 0) is 56.3 Å². The quantitative estimate of drug-likeness (QED) is 0.820. The van der Waals surface area contributed by atoms with E-state index in [0.29, 0.717) is 6.42 Å². The van der Waals surface area contributed by atoms with Gasteiger partial charge in [0.15, 0.2) is 5.78 Å². The van der Waals surface area contributed by atoms with E-state index in [1.807, 2.05) is 37.4 Å². The molecular formula is C23H28N2O2. The van der Waals surface area contributed by atoms with E-state index < -0.39 is 6.04 Å². The maximum absolute atomic E-state index is 12.6. The van der Waals surface area contributed by atoms with Crippen LogP contribution in [0.1, 0.15) is 42.5 Å². The van der Waals surface area contributed by atoms with Gasteiger partial charge < -0.3 is 5.32 Å². The molecule has 0 saturated heterocycles. The number of hydrogen-bond acceptors (Lipinski definition) is 3. The highest BCUT2D eigenvalue weighted by atomic mass is 16.2. The van der Waals surface area contributed by atoms with Crippen LogP contribution in [0.25, 0.3) is 0 Å². The van der Waals surface area contributed by atoms with E-state index in [0.717, 1.165) is 24.8 Å². The first-order valence-corrected chi connectivity index (χ1v) is 9.66. The molecule has 1 aliphatic carbocycles. The number of Topliss-reactive ketones (excluding diaryl/α,β-unsaturated/α-hetero) is 1. The number of carbonyl (C=O) groups is 2. The van der Waals surface area contributed by atoms with Crippen LogP contribution in [-0.2, 0) is 22.4 Å². The number of ketones is 1. The summed E-state index contributed by atoms with van der Waals surface area (Å²) < 4.78 is 0. The van der Waals surface area contributed by atoms with Gasteiger partial charge in [-0.15, -0.1) is 0 Å². The minimum Gasteiger partial charge on any atom is -0.345 e. The number of nitrogens with one attached hydrogen (secondary N) is 1. The van der Waals surface area contributed by atoms with Crippen molar-refractivity contribution in [3.63, 3.8) is 0 Å². The molecule has 0 fully saturated rings. The summed E-state index contributed by atoms with van der Waals surface area (Å²) in [7, 11) is 1.99. The van der Waals surface area contributed by atoms with Crippen LogP contribution in [-0.4, -0.2) is 36.2 Å². The van der Waals surface area contributed by atoms with Crippen LogP contribution in [0.15, 0.2) is 54.6 Å². The van der Waals surface area contributed by atoms with E-state index in [2.05, 4.69) is 34.5 Å². The molecular weight excluding hydrogens is 336 g/mol. The number of aryl methyl sites for hydroxylation is 1. The molecule has 0 unspecified atom stereocenters. The number of amides is 1. The van der Waals surface area contributed by atoms with Gasteiger partial charge in [0.05, 0.1) is 12.6 Å². The number of carbonyl (C=O) groups excluding carboxylic acids is 2. The fourth-order valence-corrected chi connectivity index (χ4v) is 3.91. The van der Waals surface area contributed by atoms with Crippen molar-refractivity contribution >= 4 is 11.7 Å². The zero-order valence-corrected chi connectivity index (χ0v) is 16.2. The summed E-state index contributed by atoms with van der Waals surface area (Å²) in [5.74, 6) is -0.116. The predicted molar refractivity (Wildman–Crippen MR) is 108 cm³/mol. The van der Waals surface area contributed by atoms with E-state index >= 15 is 0 Å². The third-order valence-corrected chi connectivity index (χ3v) is 5.37. The highest BCUT2D eigenvalue weighted by molar-refractivity contribution is 5.88. The molecule has 0 aromatic heterocycles. The summed E-state index contributed by atoms with van der Waals surface area (Å²) in [6, 6.07) is 18.1. The Hall–Kier alpha value is -2.46. The summed E-state index contributed by atoms with van der Waals surface area (Å²) in [6.45, 7) is 1.83. The largest absolute Gasteiger partial charge is 0.345 e. The molecule has 4 nitrogen and oxygen atoms in total. The van der Waals surface area contributed by atoms with Gasteiger partial charge in [0.2, 0.25) is 5.91 Å². The second-order valence-electron chi connectivity index (χ2n) is 7.44. The van der Waals surface area contributed by atoms with Crippen molar-refractivity contribution in [2.45, 2.75) is 44.7 Å². The standard InChI is InChI=1S/C23H28N2O2/c1-17(26)21(15-18-9-4-3-5-10-18)24-23(27)16-25(2)22-14-8-12-19-11-6-7-13-20(19)22/h3-7,9-11,13,21-22H,8,12,14-16H2,1-2H3,(H,24,27)/t21-,22+/m0/s1. The Morgan fingerprint density at radius 1 is 1.11 bits per heavy atom. The molecule has 4 heteroatoms. The number of benzene rings is 2. The summed E-state index contributed by atoms with van der Waals surface area (Å²) in [5, 5.41) is 2.93. The van der Waals surface area contributed by atoms with Gasteiger partial charge in [-0.1, -0.05) is 54.6 Å². The second-order valence-corrected chi connectivity index (χ2v) is 7.44. The molecule has 1 amide bonds. The Kier molecular flexibility index (Phi) is 6.40. The van der Waals surface area contributed by atoms with Gasteiger partial charge in [0, 0.05) is 6.04 Å². The lowest BCUT2D eigenvalue weighted by molar-refractivity contribution is -0.127. The van der Waals surface area contributed by atoms with Crippen LogP contribution in [0.2, 0.25) is 0 Å². The normalized spacial score (nSPS) is 17.2. The van der Waals surface area contributed by atoms with Crippen LogP contribution < -0.4 is 5.32 Å². The van der Waals surface area contributed by atoms with Gasteiger partial charge >= 0.3 is 0 Å². The number of likely N-dealkylation sites (N-methyl/N-ethyl adjacent to an activating group) is 1. The first-order chi connectivity index (χ1) is 13.0. The number of rotatable bonds is 7. The highest BCUT2D eigenvalue weighted by Gasteiger charge is 2.25.